The standard InChI is InChI=1S/C21H25F2N3O4S/c1-14-20(15(2)30-24-14)13-25-7-9-26(10-8-25)31(27,28)19-6-4-16-11-18(29-21(22)23)5-3-17(16)12-19/h3,5,11-12,21H,4,6-10,13H2,1-2H3. The molecule has 4 rings (SSSR count). The predicted octanol–water partition coefficient (Wildman–Crippen LogP) is 3.33. The number of rotatable bonds is 6. The van der Waals surface area contributed by atoms with Gasteiger partial charge in [-0.3, -0.25) is 4.90 Å². The summed E-state index contributed by atoms with van der Waals surface area (Å²) in [5.74, 6) is 0.878. The number of halogens is 2. The van der Waals surface area contributed by atoms with Crippen molar-refractivity contribution in [2.24, 2.45) is 0 Å². The highest BCUT2D eigenvalue weighted by Gasteiger charge is 2.32. The highest BCUT2D eigenvalue weighted by Crippen LogP contribution is 2.32. The number of aryl methyl sites for hydroxylation is 3. The van der Waals surface area contributed by atoms with E-state index in [4.69, 9.17) is 4.52 Å². The van der Waals surface area contributed by atoms with Gasteiger partial charge in [0.25, 0.3) is 0 Å². The molecule has 0 N–H and O–H groups in total. The van der Waals surface area contributed by atoms with Crippen LogP contribution in [0.5, 0.6) is 5.75 Å². The molecule has 1 aliphatic heterocycles. The molecule has 7 nitrogen and oxygen atoms in total. The van der Waals surface area contributed by atoms with Gasteiger partial charge in [0.1, 0.15) is 11.5 Å². The molecule has 10 heteroatoms. The quantitative estimate of drug-likeness (QED) is 0.668. The van der Waals surface area contributed by atoms with Crippen molar-refractivity contribution in [2.45, 2.75) is 39.8 Å². The van der Waals surface area contributed by atoms with Crippen LogP contribution in [0, 0.1) is 13.8 Å². The van der Waals surface area contributed by atoms with Gasteiger partial charge >= 0.3 is 6.61 Å². The molecule has 1 fully saturated rings. The van der Waals surface area contributed by atoms with Gasteiger partial charge in [-0.25, -0.2) is 8.42 Å². The minimum atomic E-state index is -3.57. The second-order valence-electron chi connectivity index (χ2n) is 7.83. The van der Waals surface area contributed by atoms with Crippen LogP contribution in [0.15, 0.2) is 27.6 Å². The van der Waals surface area contributed by atoms with E-state index in [0.717, 1.165) is 28.1 Å². The molecule has 0 unspecified atom stereocenters. The SMILES string of the molecule is Cc1noc(C)c1CN1CCN(S(=O)(=O)C2=Cc3ccc(OC(F)F)cc3CC2)CC1. The van der Waals surface area contributed by atoms with Gasteiger partial charge in [0.05, 0.1) is 10.6 Å². The van der Waals surface area contributed by atoms with Crippen LogP contribution in [0.25, 0.3) is 6.08 Å². The first-order valence-electron chi connectivity index (χ1n) is 10.2. The molecule has 1 saturated heterocycles. The zero-order chi connectivity index (χ0) is 22.2. The lowest BCUT2D eigenvalue weighted by Crippen LogP contribution is -2.48. The van der Waals surface area contributed by atoms with E-state index in [1.54, 1.807) is 18.2 Å². The minimum Gasteiger partial charge on any atom is -0.435 e. The number of sulfonamides is 1. The monoisotopic (exact) mass is 453 g/mol. The molecule has 31 heavy (non-hydrogen) atoms. The second-order valence-corrected chi connectivity index (χ2v) is 9.82. The Kier molecular flexibility index (Phi) is 6.14. The van der Waals surface area contributed by atoms with Crippen LogP contribution in [-0.2, 0) is 23.0 Å². The Labute approximate surface area is 180 Å². The predicted molar refractivity (Wildman–Crippen MR) is 111 cm³/mol. The van der Waals surface area contributed by atoms with Gasteiger partial charge in [-0.15, -0.1) is 0 Å². The zero-order valence-electron chi connectivity index (χ0n) is 17.5. The van der Waals surface area contributed by atoms with Crippen LogP contribution in [-0.4, -0.2) is 55.6 Å². The normalized spacial score (nSPS) is 18.2. The van der Waals surface area contributed by atoms with E-state index in [1.807, 2.05) is 13.8 Å². The Bertz CT molecular complexity index is 1070. The Morgan fingerprint density at radius 3 is 2.55 bits per heavy atom. The van der Waals surface area contributed by atoms with Crippen molar-refractivity contribution >= 4 is 16.1 Å². The lowest BCUT2D eigenvalue weighted by atomic mass is 9.97. The summed E-state index contributed by atoms with van der Waals surface area (Å²) in [6.07, 6.45) is 2.45. The van der Waals surface area contributed by atoms with Gasteiger partial charge in [0, 0.05) is 38.3 Å². The maximum atomic E-state index is 13.2. The number of ether oxygens (including phenoxy) is 1. The highest BCUT2D eigenvalue weighted by molar-refractivity contribution is 7.93. The summed E-state index contributed by atoms with van der Waals surface area (Å²) in [7, 11) is -3.57. The number of fused-ring (bicyclic) bond motifs is 1. The molecule has 0 spiro atoms. The van der Waals surface area contributed by atoms with E-state index in [9.17, 15) is 17.2 Å². The second kappa shape index (κ2) is 8.68. The number of piperazine rings is 1. The molecular formula is C21H25F2N3O4S. The molecule has 0 saturated carbocycles. The zero-order valence-corrected chi connectivity index (χ0v) is 18.3. The van der Waals surface area contributed by atoms with Gasteiger partial charge in [-0.05, 0) is 56.0 Å². The van der Waals surface area contributed by atoms with Crippen molar-refractivity contribution in [1.29, 1.82) is 0 Å². The Balaban J connectivity index is 1.43. The fourth-order valence-electron chi connectivity index (χ4n) is 4.07. The van der Waals surface area contributed by atoms with Crippen LogP contribution < -0.4 is 4.74 Å². The number of alkyl halides is 2. The number of allylic oxidation sites excluding steroid dienone is 1. The fourth-order valence-corrected chi connectivity index (χ4v) is 5.68. The molecule has 0 radical (unpaired) electrons. The third kappa shape index (κ3) is 4.65. The lowest BCUT2D eigenvalue weighted by Gasteiger charge is -2.34. The van der Waals surface area contributed by atoms with E-state index in [1.165, 1.54) is 10.4 Å². The van der Waals surface area contributed by atoms with Crippen molar-refractivity contribution in [2.75, 3.05) is 26.2 Å². The number of hydrogen-bond acceptors (Lipinski definition) is 6. The Morgan fingerprint density at radius 2 is 1.90 bits per heavy atom. The molecule has 2 aliphatic rings. The van der Waals surface area contributed by atoms with Gasteiger partial charge in [-0.2, -0.15) is 13.1 Å². The lowest BCUT2D eigenvalue weighted by molar-refractivity contribution is -0.0498. The first-order valence-corrected chi connectivity index (χ1v) is 11.6. The van der Waals surface area contributed by atoms with Gasteiger partial charge in [-0.1, -0.05) is 11.2 Å². The molecule has 0 atom stereocenters. The molecule has 0 bridgehead atoms. The van der Waals surface area contributed by atoms with Crippen LogP contribution in [0.4, 0.5) is 8.78 Å². The Hall–Kier alpha value is -2.30. The summed E-state index contributed by atoms with van der Waals surface area (Å²) in [6.45, 7) is 3.67. The maximum Gasteiger partial charge on any atom is 0.387 e. The summed E-state index contributed by atoms with van der Waals surface area (Å²) in [6, 6.07) is 4.61. The molecular weight excluding hydrogens is 428 g/mol. The van der Waals surface area contributed by atoms with Gasteiger partial charge in [0.2, 0.25) is 10.0 Å². The van der Waals surface area contributed by atoms with Crippen molar-refractivity contribution in [3.8, 4) is 5.75 Å². The van der Waals surface area contributed by atoms with Crippen molar-refractivity contribution in [1.82, 2.24) is 14.4 Å². The average molecular weight is 454 g/mol. The molecule has 1 aromatic carbocycles. The van der Waals surface area contributed by atoms with E-state index in [2.05, 4.69) is 14.8 Å². The van der Waals surface area contributed by atoms with Crippen molar-refractivity contribution < 1.29 is 26.5 Å². The fraction of sp³-hybridized carbons (Fsp3) is 0.476. The number of aromatic nitrogens is 1. The largest absolute Gasteiger partial charge is 0.435 e. The number of benzene rings is 1. The summed E-state index contributed by atoms with van der Waals surface area (Å²) < 4.78 is 62.4. The van der Waals surface area contributed by atoms with E-state index < -0.39 is 16.6 Å². The molecule has 2 aromatic rings. The van der Waals surface area contributed by atoms with E-state index in [-0.39, 0.29) is 5.75 Å². The molecule has 1 aromatic heterocycles. The van der Waals surface area contributed by atoms with Crippen LogP contribution >= 0.6 is 0 Å². The summed E-state index contributed by atoms with van der Waals surface area (Å²) in [5, 5.41) is 3.97. The summed E-state index contributed by atoms with van der Waals surface area (Å²) in [4.78, 5) is 2.56. The smallest absolute Gasteiger partial charge is 0.387 e. The topological polar surface area (TPSA) is 75.9 Å². The number of hydrogen-bond donors (Lipinski definition) is 0. The van der Waals surface area contributed by atoms with E-state index >= 15 is 0 Å². The molecule has 0 amide bonds. The van der Waals surface area contributed by atoms with Gasteiger partial charge in [0.15, 0.2) is 0 Å². The first-order chi connectivity index (χ1) is 14.7. The third-order valence-corrected chi connectivity index (χ3v) is 7.89. The van der Waals surface area contributed by atoms with Crippen molar-refractivity contribution in [3.05, 3.63) is 51.2 Å². The van der Waals surface area contributed by atoms with Crippen LogP contribution in [0.2, 0.25) is 0 Å². The molecule has 2 heterocycles. The maximum absolute atomic E-state index is 13.2. The molecule has 1 aliphatic carbocycles. The van der Waals surface area contributed by atoms with Gasteiger partial charge < -0.3 is 9.26 Å². The van der Waals surface area contributed by atoms with Crippen molar-refractivity contribution in [3.63, 3.8) is 0 Å². The Morgan fingerprint density at radius 1 is 1.16 bits per heavy atom. The van der Waals surface area contributed by atoms with E-state index in [0.29, 0.717) is 50.5 Å². The first kappa shape index (κ1) is 21.9. The summed E-state index contributed by atoms with van der Waals surface area (Å²) >= 11 is 0. The van der Waals surface area contributed by atoms with Crippen LogP contribution in [0.1, 0.15) is 34.6 Å². The highest BCUT2D eigenvalue weighted by atomic mass is 32.2. The minimum absolute atomic E-state index is 0.0860. The third-order valence-electron chi connectivity index (χ3n) is 5.86. The number of nitrogens with zero attached hydrogens (tertiary/aromatic N) is 3. The summed E-state index contributed by atoms with van der Waals surface area (Å²) in [5.41, 5.74) is 3.45. The molecule has 168 valence electrons. The van der Waals surface area contributed by atoms with Crippen LogP contribution in [0.3, 0.4) is 0 Å². The average Bonchev–Trinajstić information content (AvgIpc) is 3.05.